The highest BCUT2D eigenvalue weighted by Crippen LogP contribution is 2.38. The van der Waals surface area contributed by atoms with Crippen molar-refractivity contribution in [3.63, 3.8) is 0 Å². The molecule has 15 heavy (non-hydrogen) atoms. The number of Topliss-reactive ketones (excluding diaryl/α,β-unsaturated/α-hetero) is 1. The standard InChI is InChI=1S/C13H15BrO/c1-13(2,3)11-7-8-6-9(14)4-5-10(8)12(11)15/h4-6,11H,7H2,1-3H3. The second-order valence-electron chi connectivity index (χ2n) is 5.29. The van der Waals surface area contributed by atoms with Gasteiger partial charge < -0.3 is 0 Å². The summed E-state index contributed by atoms with van der Waals surface area (Å²) < 4.78 is 1.06. The Morgan fingerprint density at radius 3 is 2.60 bits per heavy atom. The Balaban J connectivity index is 2.42. The lowest BCUT2D eigenvalue weighted by Crippen LogP contribution is -2.25. The minimum atomic E-state index is 0.0581. The van der Waals surface area contributed by atoms with Gasteiger partial charge in [0.05, 0.1) is 0 Å². The van der Waals surface area contributed by atoms with E-state index in [4.69, 9.17) is 0 Å². The van der Waals surface area contributed by atoms with E-state index in [0.29, 0.717) is 5.78 Å². The Bertz CT molecular complexity index is 415. The summed E-state index contributed by atoms with van der Waals surface area (Å²) in [6.45, 7) is 6.41. The van der Waals surface area contributed by atoms with Crippen LogP contribution in [-0.4, -0.2) is 5.78 Å². The quantitative estimate of drug-likeness (QED) is 0.697. The van der Waals surface area contributed by atoms with Crippen LogP contribution in [-0.2, 0) is 6.42 Å². The highest BCUT2D eigenvalue weighted by atomic mass is 79.9. The van der Waals surface area contributed by atoms with Crippen LogP contribution >= 0.6 is 15.9 Å². The zero-order chi connectivity index (χ0) is 11.2. The Morgan fingerprint density at radius 2 is 2.00 bits per heavy atom. The van der Waals surface area contributed by atoms with Crippen molar-refractivity contribution >= 4 is 21.7 Å². The molecule has 1 atom stereocenters. The summed E-state index contributed by atoms with van der Waals surface area (Å²) in [5, 5.41) is 0. The normalized spacial score (nSPS) is 20.5. The first-order valence-corrected chi connectivity index (χ1v) is 6.01. The molecule has 2 heteroatoms. The molecule has 0 saturated carbocycles. The number of rotatable bonds is 0. The molecule has 2 rings (SSSR count). The SMILES string of the molecule is CC(C)(C)C1Cc2cc(Br)ccc2C1=O. The van der Waals surface area contributed by atoms with Crippen molar-refractivity contribution in [1.82, 2.24) is 0 Å². The van der Waals surface area contributed by atoms with E-state index in [1.165, 1.54) is 5.56 Å². The lowest BCUT2D eigenvalue weighted by Gasteiger charge is -2.24. The highest BCUT2D eigenvalue weighted by Gasteiger charge is 2.38. The van der Waals surface area contributed by atoms with Crippen molar-refractivity contribution in [1.29, 1.82) is 0 Å². The lowest BCUT2D eigenvalue weighted by atomic mass is 9.78. The monoisotopic (exact) mass is 266 g/mol. The van der Waals surface area contributed by atoms with E-state index in [2.05, 4.69) is 42.8 Å². The zero-order valence-electron chi connectivity index (χ0n) is 9.30. The van der Waals surface area contributed by atoms with Gasteiger partial charge >= 0.3 is 0 Å². The fourth-order valence-electron chi connectivity index (χ4n) is 2.17. The predicted molar refractivity (Wildman–Crippen MR) is 65.1 cm³/mol. The zero-order valence-corrected chi connectivity index (χ0v) is 10.9. The smallest absolute Gasteiger partial charge is 0.167 e. The number of fused-ring (bicyclic) bond motifs is 1. The molecule has 0 spiro atoms. The number of benzene rings is 1. The van der Waals surface area contributed by atoms with Crippen LogP contribution < -0.4 is 0 Å². The minimum absolute atomic E-state index is 0.0581. The Morgan fingerprint density at radius 1 is 1.33 bits per heavy atom. The first kappa shape index (κ1) is 10.9. The lowest BCUT2D eigenvalue weighted by molar-refractivity contribution is 0.0843. The van der Waals surface area contributed by atoms with E-state index in [-0.39, 0.29) is 11.3 Å². The van der Waals surface area contributed by atoms with E-state index in [0.717, 1.165) is 16.5 Å². The molecule has 1 nitrogen and oxygen atoms in total. The van der Waals surface area contributed by atoms with Gasteiger partial charge in [0.1, 0.15) is 0 Å². The number of hydrogen-bond acceptors (Lipinski definition) is 1. The fraction of sp³-hybridized carbons (Fsp3) is 0.462. The Kier molecular flexibility index (Phi) is 2.50. The van der Waals surface area contributed by atoms with Crippen LogP contribution in [0, 0.1) is 11.3 Å². The van der Waals surface area contributed by atoms with Crippen molar-refractivity contribution < 1.29 is 4.79 Å². The average molecular weight is 267 g/mol. The second kappa shape index (κ2) is 3.44. The molecule has 0 aromatic heterocycles. The van der Waals surface area contributed by atoms with Crippen LogP contribution in [0.15, 0.2) is 22.7 Å². The molecular formula is C13H15BrO. The molecule has 1 aromatic rings. The van der Waals surface area contributed by atoms with E-state index >= 15 is 0 Å². The molecule has 1 aliphatic carbocycles. The van der Waals surface area contributed by atoms with Gasteiger partial charge in [0.15, 0.2) is 5.78 Å². The number of carbonyl (C=O) groups excluding carboxylic acids is 1. The summed E-state index contributed by atoms with van der Waals surface area (Å²) in [7, 11) is 0. The van der Waals surface area contributed by atoms with Crippen molar-refractivity contribution in [3.8, 4) is 0 Å². The predicted octanol–water partition coefficient (Wildman–Crippen LogP) is 3.85. The molecule has 0 aliphatic heterocycles. The van der Waals surface area contributed by atoms with Gasteiger partial charge in [-0.05, 0) is 29.5 Å². The van der Waals surface area contributed by atoms with Crippen molar-refractivity contribution in [2.45, 2.75) is 27.2 Å². The van der Waals surface area contributed by atoms with Gasteiger partial charge in [-0.3, -0.25) is 4.79 Å². The van der Waals surface area contributed by atoms with Crippen LogP contribution in [0.5, 0.6) is 0 Å². The molecule has 80 valence electrons. The van der Waals surface area contributed by atoms with Gasteiger partial charge in [0.2, 0.25) is 0 Å². The van der Waals surface area contributed by atoms with Crippen molar-refractivity contribution in [2.24, 2.45) is 11.3 Å². The molecular weight excluding hydrogens is 252 g/mol. The summed E-state index contributed by atoms with van der Waals surface area (Å²) in [6, 6.07) is 5.95. The maximum absolute atomic E-state index is 12.1. The number of hydrogen-bond donors (Lipinski definition) is 0. The second-order valence-corrected chi connectivity index (χ2v) is 6.20. The van der Waals surface area contributed by atoms with Gasteiger partial charge in [-0.25, -0.2) is 0 Å². The Hall–Kier alpha value is -0.630. The third-order valence-corrected chi connectivity index (χ3v) is 3.61. The number of ketones is 1. The van der Waals surface area contributed by atoms with E-state index in [1.54, 1.807) is 0 Å². The number of carbonyl (C=O) groups is 1. The third-order valence-electron chi connectivity index (χ3n) is 3.12. The van der Waals surface area contributed by atoms with E-state index in [9.17, 15) is 4.79 Å². The summed E-state index contributed by atoms with van der Waals surface area (Å²) in [6.07, 6.45) is 0.886. The van der Waals surface area contributed by atoms with Crippen LogP contribution in [0.1, 0.15) is 36.7 Å². The van der Waals surface area contributed by atoms with Gasteiger partial charge in [-0.2, -0.15) is 0 Å². The van der Waals surface area contributed by atoms with E-state index in [1.807, 2.05) is 12.1 Å². The van der Waals surface area contributed by atoms with Crippen molar-refractivity contribution in [2.75, 3.05) is 0 Å². The Labute approximate surface area is 99.0 Å². The molecule has 1 unspecified atom stereocenters. The average Bonchev–Trinajstić information content (AvgIpc) is 2.42. The van der Waals surface area contributed by atoms with Crippen LogP contribution in [0.2, 0.25) is 0 Å². The van der Waals surface area contributed by atoms with Gasteiger partial charge in [-0.15, -0.1) is 0 Å². The van der Waals surface area contributed by atoms with Crippen LogP contribution in [0.4, 0.5) is 0 Å². The molecule has 0 saturated heterocycles. The summed E-state index contributed by atoms with van der Waals surface area (Å²) in [5.74, 6) is 0.451. The molecule has 0 N–H and O–H groups in total. The van der Waals surface area contributed by atoms with Crippen LogP contribution in [0.3, 0.4) is 0 Å². The van der Waals surface area contributed by atoms with Crippen molar-refractivity contribution in [3.05, 3.63) is 33.8 Å². The maximum atomic E-state index is 12.1. The van der Waals surface area contributed by atoms with Gasteiger partial charge in [-0.1, -0.05) is 42.8 Å². The molecule has 0 heterocycles. The maximum Gasteiger partial charge on any atom is 0.167 e. The molecule has 0 bridgehead atoms. The minimum Gasteiger partial charge on any atom is -0.294 e. The molecule has 1 aliphatic rings. The number of halogens is 1. The van der Waals surface area contributed by atoms with Crippen LogP contribution in [0.25, 0.3) is 0 Å². The molecule has 1 aromatic carbocycles. The fourth-order valence-corrected chi connectivity index (χ4v) is 2.58. The molecule has 0 fully saturated rings. The van der Waals surface area contributed by atoms with Gasteiger partial charge in [0.25, 0.3) is 0 Å². The highest BCUT2D eigenvalue weighted by molar-refractivity contribution is 9.10. The topological polar surface area (TPSA) is 17.1 Å². The summed E-state index contributed by atoms with van der Waals surface area (Å²) >= 11 is 3.44. The van der Waals surface area contributed by atoms with E-state index < -0.39 is 0 Å². The largest absolute Gasteiger partial charge is 0.294 e. The molecule has 0 amide bonds. The summed E-state index contributed by atoms with van der Waals surface area (Å²) in [4.78, 5) is 12.1. The summed E-state index contributed by atoms with van der Waals surface area (Å²) in [5.41, 5.74) is 2.16. The third kappa shape index (κ3) is 1.87. The first-order chi connectivity index (χ1) is 6.89. The molecule has 0 radical (unpaired) electrons. The van der Waals surface area contributed by atoms with Gasteiger partial charge in [0, 0.05) is 16.0 Å². The first-order valence-electron chi connectivity index (χ1n) is 5.22.